The van der Waals surface area contributed by atoms with E-state index < -0.39 is 11.6 Å². The van der Waals surface area contributed by atoms with Crippen LogP contribution in [0, 0.1) is 11.6 Å². The number of benzene rings is 2. The molecule has 1 saturated heterocycles. The first-order valence-corrected chi connectivity index (χ1v) is 8.98. The highest BCUT2D eigenvalue weighted by Gasteiger charge is 2.22. The van der Waals surface area contributed by atoms with Crippen LogP contribution in [0.15, 0.2) is 49.1 Å². The lowest BCUT2D eigenvalue weighted by Gasteiger charge is -2.29. The number of methoxy groups -OCH3 is 1. The first kappa shape index (κ1) is 18.6. The summed E-state index contributed by atoms with van der Waals surface area (Å²) in [7, 11) is 1.32. The summed E-state index contributed by atoms with van der Waals surface area (Å²) in [5, 5.41) is 0. The number of rotatable bonds is 6. The highest BCUT2D eigenvalue weighted by atomic mass is 19.2. The number of ether oxygens (including phenoxy) is 2. The van der Waals surface area contributed by atoms with Gasteiger partial charge in [-0.25, -0.2) is 4.39 Å². The maximum absolute atomic E-state index is 14.3. The summed E-state index contributed by atoms with van der Waals surface area (Å²) in [4.78, 5) is 0. The molecule has 4 heteroatoms. The molecular formula is C22H24F2O2. The smallest absolute Gasteiger partial charge is 0.201 e. The summed E-state index contributed by atoms with van der Waals surface area (Å²) < 4.78 is 38.9. The lowest BCUT2D eigenvalue weighted by molar-refractivity contribution is -0.000171. The molecule has 0 amide bonds. The van der Waals surface area contributed by atoms with Gasteiger partial charge in [-0.15, -0.1) is 6.58 Å². The van der Waals surface area contributed by atoms with E-state index in [1.807, 2.05) is 30.3 Å². The zero-order valence-corrected chi connectivity index (χ0v) is 15.0. The van der Waals surface area contributed by atoms with E-state index in [0.29, 0.717) is 24.2 Å². The highest BCUT2D eigenvalue weighted by Crippen LogP contribution is 2.33. The lowest BCUT2D eigenvalue weighted by atomic mass is 9.89. The van der Waals surface area contributed by atoms with Crippen molar-refractivity contribution in [2.45, 2.75) is 37.7 Å². The summed E-state index contributed by atoms with van der Waals surface area (Å²) in [5.74, 6) is -1.59. The van der Waals surface area contributed by atoms with Gasteiger partial charge in [0.1, 0.15) is 0 Å². The van der Waals surface area contributed by atoms with E-state index >= 15 is 0 Å². The van der Waals surface area contributed by atoms with Gasteiger partial charge >= 0.3 is 0 Å². The molecule has 0 radical (unpaired) electrons. The van der Waals surface area contributed by atoms with Gasteiger partial charge in [0.15, 0.2) is 11.6 Å². The van der Waals surface area contributed by atoms with Gasteiger partial charge in [-0.3, -0.25) is 0 Å². The molecule has 1 aliphatic rings. The van der Waals surface area contributed by atoms with Crippen LogP contribution in [0.4, 0.5) is 8.78 Å². The average molecular weight is 358 g/mol. The Labute approximate surface area is 153 Å². The van der Waals surface area contributed by atoms with Crippen LogP contribution in [0.5, 0.6) is 5.75 Å². The van der Waals surface area contributed by atoms with Crippen LogP contribution in [0.3, 0.4) is 0 Å². The van der Waals surface area contributed by atoms with Crippen molar-refractivity contribution in [1.82, 2.24) is 0 Å². The fraction of sp³-hybridized carbons (Fsp3) is 0.364. The third kappa shape index (κ3) is 3.96. The second-order valence-electron chi connectivity index (χ2n) is 6.66. The number of halogens is 2. The van der Waals surface area contributed by atoms with Gasteiger partial charge in [0.05, 0.1) is 19.8 Å². The summed E-state index contributed by atoms with van der Waals surface area (Å²) in [5.41, 5.74) is 2.05. The third-order valence-corrected chi connectivity index (χ3v) is 5.02. The number of hydrogen-bond donors (Lipinski definition) is 0. The molecule has 0 aromatic heterocycles. The van der Waals surface area contributed by atoms with Crippen LogP contribution in [-0.4, -0.2) is 19.8 Å². The first-order chi connectivity index (χ1) is 12.6. The minimum Gasteiger partial charge on any atom is -0.494 e. The Morgan fingerprint density at radius 2 is 1.88 bits per heavy atom. The molecule has 1 fully saturated rings. The van der Waals surface area contributed by atoms with Crippen LogP contribution < -0.4 is 4.74 Å². The van der Waals surface area contributed by atoms with Crippen molar-refractivity contribution >= 4 is 0 Å². The van der Waals surface area contributed by atoms with E-state index in [0.717, 1.165) is 25.7 Å². The van der Waals surface area contributed by atoms with Crippen LogP contribution in [0.25, 0.3) is 11.1 Å². The Balaban J connectivity index is 1.70. The molecular weight excluding hydrogens is 334 g/mol. The van der Waals surface area contributed by atoms with E-state index in [-0.39, 0.29) is 11.3 Å². The lowest BCUT2D eigenvalue weighted by Crippen LogP contribution is -2.24. The Hall–Kier alpha value is -2.20. The molecule has 2 nitrogen and oxygen atoms in total. The normalized spacial score (nSPS) is 20.0. The van der Waals surface area contributed by atoms with Gasteiger partial charge in [-0.2, -0.15) is 4.39 Å². The highest BCUT2D eigenvalue weighted by molar-refractivity contribution is 5.65. The van der Waals surface area contributed by atoms with Crippen molar-refractivity contribution in [1.29, 1.82) is 0 Å². The predicted octanol–water partition coefficient (Wildman–Crippen LogP) is 5.87. The SMILES string of the molecule is C=CCCC1CCC(c2ccc(-c3ccc(OC)c(F)c3F)cc2)CO1. The minimum absolute atomic E-state index is 0.0896. The fourth-order valence-corrected chi connectivity index (χ4v) is 3.45. The maximum atomic E-state index is 14.3. The van der Waals surface area contributed by atoms with Crippen molar-refractivity contribution in [3.63, 3.8) is 0 Å². The Morgan fingerprint density at radius 3 is 2.50 bits per heavy atom. The topological polar surface area (TPSA) is 18.5 Å². The predicted molar refractivity (Wildman–Crippen MR) is 99.5 cm³/mol. The largest absolute Gasteiger partial charge is 0.494 e. The van der Waals surface area contributed by atoms with Gasteiger partial charge in [0.2, 0.25) is 5.82 Å². The molecule has 2 aromatic rings. The van der Waals surface area contributed by atoms with Crippen molar-refractivity contribution in [3.05, 3.63) is 66.3 Å². The zero-order valence-electron chi connectivity index (χ0n) is 15.0. The molecule has 0 N–H and O–H groups in total. The second-order valence-corrected chi connectivity index (χ2v) is 6.66. The molecule has 0 aliphatic carbocycles. The van der Waals surface area contributed by atoms with E-state index in [2.05, 4.69) is 6.58 Å². The summed E-state index contributed by atoms with van der Waals surface area (Å²) in [6, 6.07) is 10.6. The Morgan fingerprint density at radius 1 is 1.12 bits per heavy atom. The Kier molecular flexibility index (Phi) is 6.04. The van der Waals surface area contributed by atoms with Crippen LogP contribution in [-0.2, 0) is 4.74 Å². The minimum atomic E-state index is -0.958. The first-order valence-electron chi connectivity index (χ1n) is 8.98. The molecule has 26 heavy (non-hydrogen) atoms. The van der Waals surface area contributed by atoms with Crippen LogP contribution >= 0.6 is 0 Å². The zero-order chi connectivity index (χ0) is 18.5. The molecule has 3 rings (SSSR count). The molecule has 138 valence electrons. The molecule has 2 unspecified atom stereocenters. The monoisotopic (exact) mass is 358 g/mol. The van der Waals surface area contributed by atoms with E-state index in [9.17, 15) is 8.78 Å². The van der Waals surface area contributed by atoms with Crippen molar-refractivity contribution in [2.75, 3.05) is 13.7 Å². The molecule has 1 aliphatic heterocycles. The molecule has 2 atom stereocenters. The van der Waals surface area contributed by atoms with Crippen molar-refractivity contribution in [3.8, 4) is 16.9 Å². The number of allylic oxidation sites excluding steroid dienone is 1. The van der Waals surface area contributed by atoms with Gasteiger partial charge in [-0.1, -0.05) is 30.3 Å². The maximum Gasteiger partial charge on any atom is 0.201 e. The quantitative estimate of drug-likeness (QED) is 0.601. The van der Waals surface area contributed by atoms with E-state index in [1.165, 1.54) is 18.7 Å². The molecule has 0 saturated carbocycles. The standard InChI is InChI=1S/C22H24F2O2/c1-3-4-5-18-11-10-17(14-26-18)15-6-8-16(9-7-15)19-12-13-20(25-2)22(24)21(19)23/h3,6-9,12-13,17-18H,1,4-5,10-11,14H2,2H3. The molecule has 1 heterocycles. The summed E-state index contributed by atoms with van der Waals surface area (Å²) in [6.07, 6.45) is 6.37. The van der Waals surface area contributed by atoms with E-state index in [4.69, 9.17) is 9.47 Å². The third-order valence-electron chi connectivity index (χ3n) is 5.02. The molecule has 0 spiro atoms. The molecule has 2 aromatic carbocycles. The fourth-order valence-electron chi connectivity index (χ4n) is 3.45. The summed E-state index contributed by atoms with van der Waals surface area (Å²) in [6.45, 7) is 4.45. The van der Waals surface area contributed by atoms with Gasteiger partial charge in [-0.05, 0) is 48.9 Å². The summed E-state index contributed by atoms with van der Waals surface area (Å²) >= 11 is 0. The average Bonchev–Trinajstić information content (AvgIpc) is 2.69. The van der Waals surface area contributed by atoms with Crippen LogP contribution in [0.1, 0.15) is 37.2 Å². The van der Waals surface area contributed by atoms with Crippen molar-refractivity contribution in [2.24, 2.45) is 0 Å². The van der Waals surface area contributed by atoms with Crippen molar-refractivity contribution < 1.29 is 18.3 Å². The van der Waals surface area contributed by atoms with E-state index in [1.54, 1.807) is 6.07 Å². The number of hydrogen-bond acceptors (Lipinski definition) is 2. The van der Waals surface area contributed by atoms with Gasteiger partial charge in [0.25, 0.3) is 0 Å². The molecule has 0 bridgehead atoms. The van der Waals surface area contributed by atoms with Gasteiger partial charge in [0, 0.05) is 11.5 Å². The van der Waals surface area contributed by atoms with Crippen LogP contribution in [0.2, 0.25) is 0 Å². The van der Waals surface area contributed by atoms with Gasteiger partial charge < -0.3 is 9.47 Å². The second kappa shape index (κ2) is 8.45. The Bertz CT molecular complexity index is 747.